The number of hydrogen-bond acceptors (Lipinski definition) is 3. The van der Waals surface area contributed by atoms with Gasteiger partial charge >= 0.3 is 0 Å². The molecule has 0 saturated carbocycles. The van der Waals surface area contributed by atoms with Crippen LogP contribution in [-0.4, -0.2) is 44.4 Å². The second-order valence-electron chi connectivity index (χ2n) is 5.30. The molecule has 1 atom stereocenters. The number of nitrogens with zero attached hydrogens (tertiary/aromatic N) is 2. The Morgan fingerprint density at radius 3 is 2.58 bits per heavy atom. The van der Waals surface area contributed by atoms with Crippen LogP contribution in [0.5, 0.6) is 0 Å². The molecule has 104 valence electrons. The van der Waals surface area contributed by atoms with Crippen LogP contribution >= 0.6 is 11.6 Å². The average molecular weight is 281 g/mol. The number of piperazine rings is 1. The highest BCUT2D eigenvalue weighted by Crippen LogP contribution is 2.30. The fourth-order valence-corrected chi connectivity index (χ4v) is 2.72. The minimum absolute atomic E-state index is 0.233. The smallest absolute Gasteiger partial charge is 0.120 e. The maximum Gasteiger partial charge on any atom is 0.120 e. The van der Waals surface area contributed by atoms with Crippen molar-refractivity contribution in [2.45, 2.75) is 19.3 Å². The third kappa shape index (κ3) is 3.48. The summed E-state index contributed by atoms with van der Waals surface area (Å²) in [6.45, 7) is 6.22. The van der Waals surface area contributed by atoms with Crippen LogP contribution in [0.25, 0.3) is 0 Å². The Bertz CT molecular complexity index is 442. The van der Waals surface area contributed by atoms with Gasteiger partial charge in [-0.2, -0.15) is 0 Å². The third-order valence-corrected chi connectivity index (χ3v) is 4.14. The van der Waals surface area contributed by atoms with Crippen LogP contribution in [0.2, 0.25) is 5.02 Å². The number of halogens is 1. The number of aldehydes is 1. The number of benzene rings is 1. The lowest BCUT2D eigenvalue weighted by atomic mass is 9.98. The third-order valence-electron chi connectivity index (χ3n) is 3.83. The second-order valence-corrected chi connectivity index (χ2v) is 5.71. The molecule has 19 heavy (non-hydrogen) atoms. The van der Waals surface area contributed by atoms with Gasteiger partial charge in [0.05, 0.1) is 10.7 Å². The molecule has 0 aromatic heterocycles. The quantitative estimate of drug-likeness (QED) is 0.793. The van der Waals surface area contributed by atoms with Crippen molar-refractivity contribution in [1.29, 1.82) is 0 Å². The molecule has 1 saturated heterocycles. The number of anilines is 1. The van der Waals surface area contributed by atoms with Gasteiger partial charge in [0.25, 0.3) is 0 Å². The summed E-state index contributed by atoms with van der Waals surface area (Å²) in [7, 11) is 2.14. The molecule has 1 aromatic rings. The van der Waals surface area contributed by atoms with Crippen molar-refractivity contribution in [1.82, 2.24) is 4.90 Å². The van der Waals surface area contributed by atoms with Crippen molar-refractivity contribution in [3.8, 4) is 0 Å². The van der Waals surface area contributed by atoms with Gasteiger partial charge in [-0.1, -0.05) is 24.6 Å². The van der Waals surface area contributed by atoms with E-state index in [-0.39, 0.29) is 5.92 Å². The summed E-state index contributed by atoms with van der Waals surface area (Å²) < 4.78 is 0. The predicted octanol–water partition coefficient (Wildman–Crippen LogP) is 2.78. The summed E-state index contributed by atoms with van der Waals surface area (Å²) in [4.78, 5) is 15.2. The first kappa shape index (κ1) is 14.4. The lowest BCUT2D eigenvalue weighted by molar-refractivity contribution is -0.108. The van der Waals surface area contributed by atoms with Crippen LogP contribution in [-0.2, 0) is 4.79 Å². The van der Waals surface area contributed by atoms with E-state index in [4.69, 9.17) is 11.6 Å². The van der Waals surface area contributed by atoms with E-state index in [1.165, 1.54) is 0 Å². The normalized spacial score (nSPS) is 18.4. The number of likely N-dealkylation sites (N-methyl/N-ethyl adjacent to an activating group) is 1. The highest BCUT2D eigenvalue weighted by molar-refractivity contribution is 6.33. The first-order valence-corrected chi connectivity index (χ1v) is 7.16. The molecule has 0 N–H and O–H groups in total. The molecule has 0 aliphatic carbocycles. The summed E-state index contributed by atoms with van der Waals surface area (Å²) in [5.74, 6) is 0.233. The Morgan fingerprint density at radius 1 is 1.32 bits per heavy atom. The van der Waals surface area contributed by atoms with Gasteiger partial charge in [-0.3, -0.25) is 0 Å². The molecule has 0 radical (unpaired) electrons. The SMILES string of the molecule is CC(CC=O)c1ccc(N2CCN(C)CC2)c(Cl)c1. The Labute approximate surface area is 120 Å². The predicted molar refractivity (Wildman–Crippen MR) is 80.3 cm³/mol. The topological polar surface area (TPSA) is 23.6 Å². The highest BCUT2D eigenvalue weighted by Gasteiger charge is 2.17. The lowest BCUT2D eigenvalue weighted by Crippen LogP contribution is -2.44. The highest BCUT2D eigenvalue weighted by atomic mass is 35.5. The van der Waals surface area contributed by atoms with Crippen molar-refractivity contribution in [2.24, 2.45) is 0 Å². The van der Waals surface area contributed by atoms with Crippen molar-refractivity contribution in [3.05, 3.63) is 28.8 Å². The lowest BCUT2D eigenvalue weighted by Gasteiger charge is -2.34. The van der Waals surface area contributed by atoms with E-state index in [0.717, 1.165) is 48.7 Å². The summed E-state index contributed by atoms with van der Waals surface area (Å²) in [5.41, 5.74) is 2.24. The monoisotopic (exact) mass is 280 g/mol. The zero-order valence-corrected chi connectivity index (χ0v) is 12.4. The fourth-order valence-electron chi connectivity index (χ4n) is 2.41. The molecule has 0 spiro atoms. The molecule has 2 rings (SSSR count). The molecular formula is C15H21ClN2O. The van der Waals surface area contributed by atoms with Crippen LogP contribution in [0.4, 0.5) is 5.69 Å². The molecule has 3 nitrogen and oxygen atoms in total. The number of carbonyl (C=O) groups is 1. The van der Waals surface area contributed by atoms with E-state index in [1.54, 1.807) is 0 Å². The van der Waals surface area contributed by atoms with Gasteiger partial charge in [0.1, 0.15) is 6.29 Å². The van der Waals surface area contributed by atoms with E-state index in [2.05, 4.69) is 35.9 Å². The standard InChI is InChI=1S/C15H21ClN2O/c1-12(5-10-19)13-3-4-15(14(16)11-13)18-8-6-17(2)7-9-18/h3-4,10-12H,5-9H2,1-2H3. The molecule has 1 fully saturated rings. The van der Waals surface area contributed by atoms with Crippen LogP contribution < -0.4 is 4.90 Å². The van der Waals surface area contributed by atoms with Crippen LogP contribution in [0, 0.1) is 0 Å². The summed E-state index contributed by atoms with van der Waals surface area (Å²) in [6.07, 6.45) is 1.51. The summed E-state index contributed by atoms with van der Waals surface area (Å²) in [6, 6.07) is 6.18. The first-order chi connectivity index (χ1) is 9.11. The minimum Gasteiger partial charge on any atom is -0.368 e. The van der Waals surface area contributed by atoms with E-state index in [1.807, 2.05) is 6.07 Å². The van der Waals surface area contributed by atoms with Gasteiger partial charge < -0.3 is 14.6 Å². The van der Waals surface area contributed by atoms with Gasteiger partial charge in [-0.25, -0.2) is 0 Å². The van der Waals surface area contributed by atoms with Crippen molar-refractivity contribution in [2.75, 3.05) is 38.1 Å². The molecule has 1 heterocycles. The molecule has 0 bridgehead atoms. The minimum atomic E-state index is 0.233. The van der Waals surface area contributed by atoms with Crippen LogP contribution in [0.1, 0.15) is 24.8 Å². The first-order valence-electron chi connectivity index (χ1n) is 6.78. The molecule has 0 amide bonds. The Morgan fingerprint density at radius 2 is 2.00 bits per heavy atom. The van der Waals surface area contributed by atoms with Gasteiger partial charge in [0.15, 0.2) is 0 Å². The van der Waals surface area contributed by atoms with Gasteiger partial charge in [-0.15, -0.1) is 0 Å². The Balaban J connectivity index is 2.13. The van der Waals surface area contributed by atoms with Crippen molar-refractivity contribution < 1.29 is 4.79 Å². The van der Waals surface area contributed by atoms with Gasteiger partial charge in [0.2, 0.25) is 0 Å². The second kappa shape index (κ2) is 6.40. The molecule has 1 aliphatic heterocycles. The fraction of sp³-hybridized carbons (Fsp3) is 0.533. The van der Waals surface area contributed by atoms with Gasteiger partial charge in [0, 0.05) is 32.6 Å². The molecule has 1 aromatic carbocycles. The van der Waals surface area contributed by atoms with E-state index >= 15 is 0 Å². The maximum absolute atomic E-state index is 10.6. The van der Waals surface area contributed by atoms with E-state index in [9.17, 15) is 4.79 Å². The number of carbonyl (C=O) groups excluding carboxylic acids is 1. The molecular weight excluding hydrogens is 260 g/mol. The summed E-state index contributed by atoms with van der Waals surface area (Å²) in [5, 5.41) is 0.791. The molecule has 1 aliphatic rings. The molecule has 1 unspecified atom stereocenters. The van der Waals surface area contributed by atoms with Gasteiger partial charge in [-0.05, 0) is 30.7 Å². The zero-order valence-electron chi connectivity index (χ0n) is 11.6. The number of hydrogen-bond donors (Lipinski definition) is 0. The molecule has 4 heteroatoms. The van der Waals surface area contributed by atoms with Crippen LogP contribution in [0.3, 0.4) is 0 Å². The average Bonchev–Trinajstić information content (AvgIpc) is 2.40. The van der Waals surface area contributed by atoms with Crippen molar-refractivity contribution >= 4 is 23.6 Å². The number of rotatable bonds is 4. The van der Waals surface area contributed by atoms with Crippen LogP contribution in [0.15, 0.2) is 18.2 Å². The largest absolute Gasteiger partial charge is 0.368 e. The van der Waals surface area contributed by atoms with E-state index < -0.39 is 0 Å². The zero-order chi connectivity index (χ0) is 13.8. The maximum atomic E-state index is 10.6. The summed E-state index contributed by atoms with van der Waals surface area (Å²) >= 11 is 6.40. The Hall–Kier alpha value is -1.06. The van der Waals surface area contributed by atoms with E-state index in [0.29, 0.717) is 6.42 Å². The van der Waals surface area contributed by atoms with Crippen molar-refractivity contribution in [3.63, 3.8) is 0 Å². The Kier molecular flexibility index (Phi) is 4.83.